The Hall–Kier alpha value is -3.00. The number of hydrogen-bond donors (Lipinski definition) is 0. The number of nitriles is 1. The van der Waals surface area contributed by atoms with Crippen molar-refractivity contribution in [3.05, 3.63) is 59.7 Å². The molecule has 130 valence electrons. The van der Waals surface area contributed by atoms with Crippen LogP contribution >= 0.6 is 0 Å². The average Bonchev–Trinajstić information content (AvgIpc) is 2.67. The van der Waals surface area contributed by atoms with E-state index in [1.165, 1.54) is 7.11 Å². The second-order valence-corrected chi connectivity index (χ2v) is 5.40. The highest BCUT2D eigenvalue weighted by Gasteiger charge is 2.27. The molecule has 5 nitrogen and oxygen atoms in total. The van der Waals surface area contributed by atoms with Crippen molar-refractivity contribution < 1.29 is 14.3 Å². The first-order valence-electron chi connectivity index (χ1n) is 8.23. The van der Waals surface area contributed by atoms with E-state index >= 15 is 0 Å². The van der Waals surface area contributed by atoms with Gasteiger partial charge in [-0.05, 0) is 26.0 Å². The second kappa shape index (κ2) is 8.74. The van der Waals surface area contributed by atoms with Crippen molar-refractivity contribution in [1.29, 1.82) is 5.26 Å². The summed E-state index contributed by atoms with van der Waals surface area (Å²) in [6.45, 7) is 5.08. The van der Waals surface area contributed by atoms with E-state index in [9.17, 15) is 4.79 Å². The van der Waals surface area contributed by atoms with Crippen LogP contribution in [0.15, 0.2) is 48.5 Å². The molecule has 1 atom stereocenters. The normalized spacial score (nSPS) is 11.3. The maximum absolute atomic E-state index is 12.9. The number of methoxy groups -OCH3 is 1. The smallest absolute Gasteiger partial charge is 0.268 e. The summed E-state index contributed by atoms with van der Waals surface area (Å²) in [5.41, 5.74) is 1.24. The van der Waals surface area contributed by atoms with E-state index in [4.69, 9.17) is 14.7 Å². The molecule has 0 radical (unpaired) electrons. The van der Waals surface area contributed by atoms with Gasteiger partial charge in [-0.3, -0.25) is 4.79 Å². The summed E-state index contributed by atoms with van der Waals surface area (Å²) in [6, 6.07) is 16.3. The maximum Gasteiger partial charge on any atom is 0.268 e. The van der Waals surface area contributed by atoms with Crippen molar-refractivity contribution in [3.63, 3.8) is 0 Å². The fourth-order valence-corrected chi connectivity index (χ4v) is 2.55. The zero-order chi connectivity index (χ0) is 18.2. The van der Waals surface area contributed by atoms with Gasteiger partial charge < -0.3 is 14.4 Å². The van der Waals surface area contributed by atoms with Crippen LogP contribution in [0.25, 0.3) is 0 Å². The number of likely N-dealkylation sites (N-methyl/N-ethyl adjacent to an activating group) is 1. The molecule has 0 spiro atoms. The van der Waals surface area contributed by atoms with Crippen LogP contribution in [-0.2, 0) is 4.79 Å². The van der Waals surface area contributed by atoms with E-state index in [0.717, 1.165) is 5.56 Å². The molecule has 5 heteroatoms. The van der Waals surface area contributed by atoms with Gasteiger partial charge in [-0.2, -0.15) is 5.26 Å². The summed E-state index contributed by atoms with van der Waals surface area (Å²) in [5.74, 6) is 0.741. The Labute approximate surface area is 148 Å². The van der Waals surface area contributed by atoms with Gasteiger partial charge in [-0.15, -0.1) is 0 Å². The zero-order valence-electron chi connectivity index (χ0n) is 14.7. The SMILES string of the molecule is CCN(CC)C(=O)[C@H](Oc1ccc(C#N)cc1OC)c1ccccc1. The summed E-state index contributed by atoms with van der Waals surface area (Å²) in [5, 5.41) is 9.03. The van der Waals surface area contributed by atoms with Gasteiger partial charge in [0.25, 0.3) is 5.91 Å². The first kappa shape index (κ1) is 18.3. The third kappa shape index (κ3) is 4.30. The van der Waals surface area contributed by atoms with Gasteiger partial charge in [0.1, 0.15) is 0 Å². The van der Waals surface area contributed by atoms with E-state index in [1.54, 1.807) is 23.1 Å². The molecule has 2 aromatic carbocycles. The Kier molecular flexibility index (Phi) is 6.41. The molecule has 0 heterocycles. The molecular formula is C20H22N2O3. The highest BCUT2D eigenvalue weighted by atomic mass is 16.5. The third-order valence-corrected chi connectivity index (χ3v) is 3.94. The van der Waals surface area contributed by atoms with Crippen molar-refractivity contribution >= 4 is 5.91 Å². The second-order valence-electron chi connectivity index (χ2n) is 5.40. The van der Waals surface area contributed by atoms with Crippen molar-refractivity contribution in [2.75, 3.05) is 20.2 Å². The molecule has 0 unspecified atom stereocenters. The Morgan fingerprint density at radius 2 is 1.80 bits per heavy atom. The largest absolute Gasteiger partial charge is 0.493 e. The molecule has 0 fully saturated rings. The first-order valence-corrected chi connectivity index (χ1v) is 8.23. The number of hydrogen-bond acceptors (Lipinski definition) is 4. The lowest BCUT2D eigenvalue weighted by Crippen LogP contribution is -2.37. The van der Waals surface area contributed by atoms with Gasteiger partial charge in [-0.1, -0.05) is 30.3 Å². The lowest BCUT2D eigenvalue weighted by atomic mass is 10.1. The van der Waals surface area contributed by atoms with Crippen molar-refractivity contribution in [2.45, 2.75) is 20.0 Å². The van der Waals surface area contributed by atoms with Gasteiger partial charge in [-0.25, -0.2) is 0 Å². The zero-order valence-corrected chi connectivity index (χ0v) is 14.7. The Bertz CT molecular complexity index is 749. The van der Waals surface area contributed by atoms with Crippen molar-refractivity contribution in [3.8, 4) is 17.6 Å². The minimum atomic E-state index is -0.775. The van der Waals surface area contributed by atoms with E-state index < -0.39 is 6.10 Å². The maximum atomic E-state index is 12.9. The average molecular weight is 338 g/mol. The molecule has 0 aliphatic rings. The van der Waals surface area contributed by atoms with E-state index in [0.29, 0.717) is 30.2 Å². The Balaban J connectivity index is 2.40. The number of amides is 1. The predicted molar refractivity (Wildman–Crippen MR) is 95.4 cm³/mol. The lowest BCUT2D eigenvalue weighted by molar-refractivity contribution is -0.138. The van der Waals surface area contributed by atoms with Crippen LogP contribution in [0.4, 0.5) is 0 Å². The van der Waals surface area contributed by atoms with Crippen LogP contribution in [0, 0.1) is 11.3 Å². The van der Waals surface area contributed by atoms with E-state index in [-0.39, 0.29) is 5.91 Å². The molecular weight excluding hydrogens is 316 g/mol. The number of benzene rings is 2. The van der Waals surface area contributed by atoms with Crippen LogP contribution in [0.1, 0.15) is 31.1 Å². The summed E-state index contributed by atoms with van der Waals surface area (Å²) in [6.07, 6.45) is -0.775. The summed E-state index contributed by atoms with van der Waals surface area (Å²) >= 11 is 0. The minimum Gasteiger partial charge on any atom is -0.493 e. The number of nitrogens with zero attached hydrogens (tertiary/aromatic N) is 2. The van der Waals surface area contributed by atoms with Crippen LogP contribution in [0.2, 0.25) is 0 Å². The topological polar surface area (TPSA) is 62.6 Å². The van der Waals surface area contributed by atoms with Gasteiger partial charge >= 0.3 is 0 Å². The summed E-state index contributed by atoms with van der Waals surface area (Å²) in [4.78, 5) is 14.7. The Morgan fingerprint density at radius 1 is 1.12 bits per heavy atom. The number of carbonyl (C=O) groups is 1. The van der Waals surface area contributed by atoms with Gasteiger partial charge in [0.05, 0.1) is 18.7 Å². The quantitative estimate of drug-likeness (QED) is 0.774. The summed E-state index contributed by atoms with van der Waals surface area (Å²) in [7, 11) is 1.51. The van der Waals surface area contributed by atoms with Crippen LogP contribution in [0.3, 0.4) is 0 Å². The van der Waals surface area contributed by atoms with Crippen LogP contribution < -0.4 is 9.47 Å². The molecule has 0 bridgehead atoms. The highest BCUT2D eigenvalue weighted by Crippen LogP contribution is 2.32. The highest BCUT2D eigenvalue weighted by molar-refractivity contribution is 5.82. The minimum absolute atomic E-state index is 0.109. The summed E-state index contributed by atoms with van der Waals surface area (Å²) < 4.78 is 11.4. The molecule has 0 saturated carbocycles. The molecule has 0 N–H and O–H groups in total. The predicted octanol–water partition coefficient (Wildman–Crippen LogP) is 3.56. The molecule has 0 saturated heterocycles. The number of rotatable bonds is 7. The first-order chi connectivity index (χ1) is 12.1. The molecule has 2 rings (SSSR count). The molecule has 0 aliphatic heterocycles. The Morgan fingerprint density at radius 3 is 2.36 bits per heavy atom. The number of carbonyl (C=O) groups excluding carboxylic acids is 1. The molecule has 25 heavy (non-hydrogen) atoms. The standard InChI is InChI=1S/C20H22N2O3/c1-4-22(5-2)20(23)19(16-9-7-6-8-10-16)25-17-12-11-15(14-21)13-18(17)24-3/h6-13,19H,4-5H2,1-3H3/t19-/m1/s1. The van der Waals surface area contributed by atoms with Gasteiger partial charge in [0.15, 0.2) is 11.5 Å². The molecule has 0 aromatic heterocycles. The van der Waals surface area contributed by atoms with Crippen LogP contribution in [-0.4, -0.2) is 31.0 Å². The fourth-order valence-electron chi connectivity index (χ4n) is 2.55. The molecule has 2 aromatic rings. The number of ether oxygens (including phenoxy) is 2. The monoisotopic (exact) mass is 338 g/mol. The fraction of sp³-hybridized carbons (Fsp3) is 0.300. The third-order valence-electron chi connectivity index (χ3n) is 3.94. The molecule has 1 amide bonds. The lowest BCUT2D eigenvalue weighted by Gasteiger charge is -2.26. The van der Waals surface area contributed by atoms with Crippen molar-refractivity contribution in [1.82, 2.24) is 4.90 Å². The molecule has 0 aliphatic carbocycles. The van der Waals surface area contributed by atoms with Crippen molar-refractivity contribution in [2.24, 2.45) is 0 Å². The van der Waals surface area contributed by atoms with Gasteiger partial charge in [0, 0.05) is 24.7 Å². The van der Waals surface area contributed by atoms with Crippen LogP contribution in [0.5, 0.6) is 11.5 Å². The van der Waals surface area contributed by atoms with Gasteiger partial charge in [0.2, 0.25) is 6.10 Å². The van der Waals surface area contributed by atoms with E-state index in [1.807, 2.05) is 44.2 Å². The van der Waals surface area contributed by atoms with E-state index in [2.05, 4.69) is 6.07 Å².